The number of allylic oxidation sites excluding steroid dienone is 1. The predicted octanol–water partition coefficient (Wildman–Crippen LogP) is 3.51. The normalized spacial score (nSPS) is 10.9. The molecule has 1 amide bonds. The zero-order chi connectivity index (χ0) is 11.7. The molecular weight excluding hydrogens is 233 g/mol. The van der Waals surface area contributed by atoms with Gasteiger partial charge in [0.2, 0.25) is 0 Å². The van der Waals surface area contributed by atoms with Gasteiger partial charge >= 0.3 is 0 Å². The van der Waals surface area contributed by atoms with Crippen molar-refractivity contribution >= 4 is 29.1 Å². The molecule has 0 saturated carbocycles. The molecule has 86 valence electrons. The molecule has 0 bridgehead atoms. The quantitative estimate of drug-likeness (QED) is 0.384. The Labute approximate surface area is 102 Å². The lowest BCUT2D eigenvalue weighted by Gasteiger charge is -2.16. The van der Waals surface area contributed by atoms with E-state index in [4.69, 9.17) is 23.2 Å². The zero-order valence-electron chi connectivity index (χ0n) is 8.96. The number of halogens is 2. The number of nitrogens with zero attached hydrogens (tertiary/aromatic N) is 1. The Balaban J connectivity index is 4.20. The number of carbonyl (C=O) groups is 1. The van der Waals surface area contributed by atoms with Gasteiger partial charge in [0.1, 0.15) is 0 Å². The van der Waals surface area contributed by atoms with E-state index in [0.29, 0.717) is 6.54 Å². The van der Waals surface area contributed by atoms with Crippen molar-refractivity contribution in [1.29, 1.82) is 0 Å². The van der Waals surface area contributed by atoms with Gasteiger partial charge in [0, 0.05) is 12.7 Å². The van der Waals surface area contributed by atoms with Gasteiger partial charge in [-0.05, 0) is 6.42 Å². The molecule has 0 heterocycles. The second-order valence-electron chi connectivity index (χ2n) is 3.11. The van der Waals surface area contributed by atoms with Crippen molar-refractivity contribution in [3.05, 3.63) is 24.9 Å². The number of carbonyl (C=O) groups excluding carboxylic acids is 1. The molecular formula is C11H17Cl2NO. The SMILES string of the molecule is C=CCN(C=CCCCC)C(=O)C(Cl)Cl. The number of rotatable bonds is 7. The second-order valence-corrected chi connectivity index (χ2v) is 4.20. The summed E-state index contributed by atoms with van der Waals surface area (Å²) in [5.74, 6) is -0.314. The molecule has 15 heavy (non-hydrogen) atoms. The minimum atomic E-state index is -1.01. The molecule has 0 atom stereocenters. The fourth-order valence-corrected chi connectivity index (χ4v) is 1.26. The molecule has 0 radical (unpaired) electrons. The van der Waals surface area contributed by atoms with Crippen LogP contribution in [0.5, 0.6) is 0 Å². The molecule has 0 saturated heterocycles. The van der Waals surface area contributed by atoms with E-state index < -0.39 is 4.84 Å². The zero-order valence-corrected chi connectivity index (χ0v) is 10.5. The first kappa shape index (κ1) is 14.5. The van der Waals surface area contributed by atoms with Crippen molar-refractivity contribution in [3.8, 4) is 0 Å². The van der Waals surface area contributed by atoms with Gasteiger partial charge in [-0.15, -0.1) is 6.58 Å². The molecule has 0 fully saturated rings. The van der Waals surface area contributed by atoms with Gasteiger partial charge in [-0.2, -0.15) is 0 Å². The number of unbranched alkanes of at least 4 members (excludes halogenated alkanes) is 2. The molecule has 0 unspecified atom stereocenters. The lowest BCUT2D eigenvalue weighted by Crippen LogP contribution is -2.30. The van der Waals surface area contributed by atoms with Gasteiger partial charge < -0.3 is 4.90 Å². The molecule has 0 aromatic rings. The highest BCUT2D eigenvalue weighted by Crippen LogP contribution is 2.08. The minimum absolute atomic E-state index is 0.314. The van der Waals surface area contributed by atoms with E-state index in [1.54, 1.807) is 12.3 Å². The maximum Gasteiger partial charge on any atom is 0.260 e. The van der Waals surface area contributed by atoms with Gasteiger partial charge in [0.25, 0.3) is 5.91 Å². The lowest BCUT2D eigenvalue weighted by molar-refractivity contribution is -0.126. The Morgan fingerprint density at radius 2 is 2.20 bits per heavy atom. The van der Waals surface area contributed by atoms with E-state index in [1.807, 2.05) is 6.08 Å². The highest BCUT2D eigenvalue weighted by molar-refractivity contribution is 6.53. The van der Waals surface area contributed by atoms with E-state index in [9.17, 15) is 4.79 Å². The summed E-state index contributed by atoms with van der Waals surface area (Å²) >= 11 is 11.0. The standard InChI is InChI=1S/C11H17Cl2NO/c1-3-5-6-7-9-14(8-4-2)11(15)10(12)13/h4,7,9-10H,2-3,5-6,8H2,1H3. The fraction of sp³-hybridized carbons (Fsp3) is 0.545. The summed E-state index contributed by atoms with van der Waals surface area (Å²) < 4.78 is 0. The van der Waals surface area contributed by atoms with Gasteiger partial charge in [-0.25, -0.2) is 0 Å². The molecule has 0 spiro atoms. The van der Waals surface area contributed by atoms with Crippen molar-refractivity contribution in [1.82, 2.24) is 4.90 Å². The number of amides is 1. The van der Waals surface area contributed by atoms with E-state index in [-0.39, 0.29) is 5.91 Å². The summed E-state index contributed by atoms with van der Waals surface area (Å²) in [5, 5.41) is 0. The van der Waals surface area contributed by atoms with E-state index in [0.717, 1.165) is 19.3 Å². The maximum absolute atomic E-state index is 11.5. The smallest absolute Gasteiger partial charge is 0.260 e. The minimum Gasteiger partial charge on any atom is -0.313 e. The largest absolute Gasteiger partial charge is 0.313 e. The van der Waals surface area contributed by atoms with Crippen LogP contribution >= 0.6 is 23.2 Å². The molecule has 0 aliphatic rings. The van der Waals surface area contributed by atoms with Crippen molar-refractivity contribution < 1.29 is 4.79 Å². The van der Waals surface area contributed by atoms with Crippen molar-refractivity contribution in [3.63, 3.8) is 0 Å². The first-order chi connectivity index (χ1) is 7.13. The van der Waals surface area contributed by atoms with E-state index in [2.05, 4.69) is 13.5 Å². The molecule has 0 aromatic heterocycles. The van der Waals surface area contributed by atoms with E-state index >= 15 is 0 Å². The third-order valence-electron chi connectivity index (χ3n) is 1.81. The number of hydrogen-bond donors (Lipinski definition) is 0. The van der Waals surface area contributed by atoms with Crippen molar-refractivity contribution in [2.75, 3.05) is 6.54 Å². The van der Waals surface area contributed by atoms with Gasteiger partial charge in [0.05, 0.1) is 0 Å². The van der Waals surface area contributed by atoms with Gasteiger partial charge in [0.15, 0.2) is 4.84 Å². The summed E-state index contributed by atoms with van der Waals surface area (Å²) in [6.07, 6.45) is 8.49. The van der Waals surface area contributed by atoms with Gasteiger partial charge in [-0.3, -0.25) is 4.79 Å². The highest BCUT2D eigenvalue weighted by atomic mass is 35.5. The topological polar surface area (TPSA) is 20.3 Å². The second kappa shape index (κ2) is 8.81. The van der Waals surface area contributed by atoms with Crippen LogP contribution in [0.3, 0.4) is 0 Å². The van der Waals surface area contributed by atoms with Crippen LogP contribution in [0.4, 0.5) is 0 Å². The summed E-state index contributed by atoms with van der Waals surface area (Å²) in [7, 11) is 0. The lowest BCUT2D eigenvalue weighted by atomic mass is 10.2. The van der Waals surface area contributed by atoms with Crippen LogP contribution < -0.4 is 0 Å². The maximum atomic E-state index is 11.5. The fourth-order valence-electron chi connectivity index (χ4n) is 1.01. The molecule has 0 aromatic carbocycles. The van der Waals surface area contributed by atoms with Crippen LogP contribution in [0, 0.1) is 0 Å². The van der Waals surface area contributed by atoms with Crippen LogP contribution in [0.2, 0.25) is 0 Å². The number of hydrogen-bond acceptors (Lipinski definition) is 1. The Hall–Kier alpha value is -0.470. The molecule has 0 aliphatic heterocycles. The molecule has 4 heteroatoms. The van der Waals surface area contributed by atoms with Crippen LogP contribution in [0.25, 0.3) is 0 Å². The first-order valence-corrected chi connectivity index (χ1v) is 5.87. The summed E-state index contributed by atoms with van der Waals surface area (Å²) in [5.41, 5.74) is 0. The molecule has 0 N–H and O–H groups in total. The first-order valence-electron chi connectivity index (χ1n) is 4.99. The number of alkyl halides is 2. The third-order valence-corrected chi connectivity index (χ3v) is 2.18. The van der Waals surface area contributed by atoms with Crippen molar-refractivity contribution in [2.45, 2.75) is 31.0 Å². The van der Waals surface area contributed by atoms with Gasteiger partial charge in [-0.1, -0.05) is 55.1 Å². The molecule has 2 nitrogen and oxygen atoms in total. The average molecular weight is 250 g/mol. The van der Waals surface area contributed by atoms with E-state index in [1.165, 1.54) is 4.90 Å². The highest BCUT2D eigenvalue weighted by Gasteiger charge is 2.16. The van der Waals surface area contributed by atoms with Crippen LogP contribution in [-0.2, 0) is 4.79 Å². The Kier molecular flexibility index (Phi) is 8.53. The van der Waals surface area contributed by atoms with Crippen LogP contribution in [0.15, 0.2) is 24.9 Å². The van der Waals surface area contributed by atoms with Crippen LogP contribution in [0.1, 0.15) is 26.2 Å². The Bertz CT molecular complexity index is 227. The van der Waals surface area contributed by atoms with Crippen molar-refractivity contribution in [2.24, 2.45) is 0 Å². The third kappa shape index (κ3) is 6.58. The molecule has 0 rings (SSSR count). The summed E-state index contributed by atoms with van der Waals surface area (Å²) in [6.45, 7) is 6.12. The Morgan fingerprint density at radius 1 is 1.53 bits per heavy atom. The summed E-state index contributed by atoms with van der Waals surface area (Å²) in [6, 6.07) is 0. The average Bonchev–Trinajstić information content (AvgIpc) is 2.21. The summed E-state index contributed by atoms with van der Waals surface area (Å²) in [4.78, 5) is 11.9. The van der Waals surface area contributed by atoms with Crippen LogP contribution in [-0.4, -0.2) is 22.2 Å². The predicted molar refractivity (Wildman–Crippen MR) is 66.1 cm³/mol. The monoisotopic (exact) mass is 249 g/mol. The Morgan fingerprint density at radius 3 is 2.67 bits per heavy atom. The molecule has 0 aliphatic carbocycles.